The van der Waals surface area contributed by atoms with E-state index in [1.165, 1.54) is 0 Å². The zero-order valence-electron chi connectivity index (χ0n) is 11.9. The minimum Gasteiger partial charge on any atom is -0.368 e. The number of primary amides is 1. The van der Waals surface area contributed by atoms with Crippen molar-refractivity contribution in [1.82, 2.24) is 25.5 Å². The number of tetrazole rings is 1. The van der Waals surface area contributed by atoms with E-state index in [1.807, 2.05) is 4.68 Å². The average Bonchev–Trinajstić information content (AvgIpc) is 3.32. The molecule has 3 aliphatic rings. The highest BCUT2D eigenvalue weighted by molar-refractivity contribution is 7.99. The van der Waals surface area contributed by atoms with E-state index in [4.69, 9.17) is 5.73 Å². The van der Waals surface area contributed by atoms with E-state index in [2.05, 4.69) is 20.8 Å². The lowest BCUT2D eigenvalue weighted by Gasteiger charge is -2.31. The van der Waals surface area contributed by atoms with Crippen LogP contribution in [0.25, 0.3) is 0 Å². The van der Waals surface area contributed by atoms with Crippen molar-refractivity contribution >= 4 is 17.7 Å². The fraction of sp³-hybridized carbons (Fsp3) is 0.846. The highest BCUT2D eigenvalue weighted by Crippen LogP contribution is 2.44. The molecule has 21 heavy (non-hydrogen) atoms. The van der Waals surface area contributed by atoms with Crippen LogP contribution >= 0.6 is 11.8 Å². The molecule has 1 heterocycles. The third kappa shape index (κ3) is 2.66. The van der Waals surface area contributed by atoms with Crippen molar-refractivity contribution in [2.24, 2.45) is 11.7 Å². The van der Waals surface area contributed by atoms with Crippen LogP contribution < -0.4 is 11.1 Å². The first-order valence-electron chi connectivity index (χ1n) is 7.67. The van der Waals surface area contributed by atoms with Crippen molar-refractivity contribution in [3.63, 3.8) is 0 Å². The molecule has 3 saturated carbocycles. The van der Waals surface area contributed by atoms with E-state index in [0.29, 0.717) is 23.8 Å². The third-order valence-electron chi connectivity index (χ3n) is 4.54. The number of carbonyl (C=O) groups excluding carboxylic acids is 1. The fourth-order valence-corrected chi connectivity index (χ4v) is 4.03. The van der Waals surface area contributed by atoms with Crippen molar-refractivity contribution < 1.29 is 4.79 Å². The van der Waals surface area contributed by atoms with Gasteiger partial charge in [0.15, 0.2) is 0 Å². The highest BCUT2D eigenvalue weighted by atomic mass is 32.2. The number of hydrogen-bond donors (Lipinski definition) is 2. The summed E-state index contributed by atoms with van der Waals surface area (Å²) < 4.78 is 1.89. The monoisotopic (exact) mass is 308 g/mol. The molecule has 0 spiro atoms. The van der Waals surface area contributed by atoms with Gasteiger partial charge in [0.05, 0.1) is 6.04 Å². The molecule has 8 heteroatoms. The summed E-state index contributed by atoms with van der Waals surface area (Å²) in [6, 6.07) is 0.904. The summed E-state index contributed by atoms with van der Waals surface area (Å²) in [5.74, 6) is 0.763. The van der Waals surface area contributed by atoms with Crippen molar-refractivity contribution in [1.29, 1.82) is 0 Å². The Morgan fingerprint density at radius 2 is 2.10 bits per heavy atom. The molecule has 0 saturated heterocycles. The number of aromatic nitrogens is 4. The van der Waals surface area contributed by atoms with Gasteiger partial charge in [-0.25, -0.2) is 4.68 Å². The lowest BCUT2D eigenvalue weighted by molar-refractivity contribution is -0.124. The molecule has 1 atom stereocenters. The number of amides is 1. The number of nitrogens with one attached hydrogen (secondary N) is 1. The zero-order chi connectivity index (χ0) is 14.4. The summed E-state index contributed by atoms with van der Waals surface area (Å²) in [6.07, 6.45) is 6.73. The molecule has 114 valence electrons. The maximum Gasteiger partial charge on any atom is 0.238 e. The molecule has 4 rings (SSSR count). The van der Waals surface area contributed by atoms with Gasteiger partial charge < -0.3 is 5.73 Å². The number of nitrogens with zero attached hydrogens (tertiary/aromatic N) is 4. The minimum atomic E-state index is -0.591. The number of carbonyl (C=O) groups is 1. The summed E-state index contributed by atoms with van der Waals surface area (Å²) in [4.78, 5) is 12.1. The predicted molar refractivity (Wildman–Crippen MR) is 77.6 cm³/mol. The van der Waals surface area contributed by atoms with Crippen LogP contribution in [0.2, 0.25) is 0 Å². The van der Waals surface area contributed by atoms with E-state index in [0.717, 1.165) is 43.7 Å². The van der Waals surface area contributed by atoms with Crippen molar-refractivity contribution in [3.8, 4) is 0 Å². The average molecular weight is 308 g/mol. The quantitative estimate of drug-likeness (QED) is 0.678. The van der Waals surface area contributed by atoms with Gasteiger partial charge in [-0.15, -0.1) is 5.10 Å². The summed E-state index contributed by atoms with van der Waals surface area (Å²) >= 11 is 1.56. The van der Waals surface area contributed by atoms with Crippen LogP contribution in [0.1, 0.15) is 44.6 Å². The highest BCUT2D eigenvalue weighted by Gasteiger charge is 2.52. The summed E-state index contributed by atoms with van der Waals surface area (Å²) in [6.45, 7) is 0. The Balaban J connectivity index is 1.50. The number of thioether (sulfide) groups is 1. The van der Waals surface area contributed by atoms with E-state index < -0.39 is 5.54 Å². The summed E-state index contributed by atoms with van der Waals surface area (Å²) in [7, 11) is 0. The van der Waals surface area contributed by atoms with Gasteiger partial charge in [0.2, 0.25) is 11.1 Å². The Bertz CT molecular complexity index is 551. The molecule has 7 nitrogen and oxygen atoms in total. The van der Waals surface area contributed by atoms with Crippen LogP contribution in [-0.2, 0) is 4.79 Å². The largest absolute Gasteiger partial charge is 0.368 e. The Hall–Kier alpha value is -1.15. The first-order chi connectivity index (χ1) is 10.2. The Kier molecular flexibility index (Phi) is 3.18. The van der Waals surface area contributed by atoms with Crippen LogP contribution in [-0.4, -0.2) is 43.4 Å². The smallest absolute Gasteiger partial charge is 0.238 e. The Morgan fingerprint density at radius 3 is 2.67 bits per heavy atom. The Morgan fingerprint density at radius 1 is 1.33 bits per heavy atom. The molecule has 0 aromatic carbocycles. The first-order valence-corrected chi connectivity index (χ1v) is 8.66. The molecular weight excluding hydrogens is 288 g/mol. The maximum atomic E-state index is 12.1. The standard InChI is InChI=1S/C13H20N6OS/c14-11(20)13(8-1-2-8,15-9-3-4-9)7-21-12-16-17-18-19(12)10-5-6-10/h8-10,15H,1-7H2,(H2,14,20). The van der Waals surface area contributed by atoms with Crippen LogP contribution in [0.3, 0.4) is 0 Å². The first kappa shape index (κ1) is 13.5. The molecule has 1 unspecified atom stereocenters. The zero-order valence-corrected chi connectivity index (χ0v) is 12.7. The van der Waals surface area contributed by atoms with Gasteiger partial charge in [0, 0.05) is 11.8 Å². The molecule has 3 aliphatic carbocycles. The molecule has 0 aliphatic heterocycles. The number of nitrogens with two attached hydrogens (primary N) is 1. The lowest BCUT2D eigenvalue weighted by Crippen LogP contribution is -2.60. The van der Waals surface area contributed by atoms with Crippen molar-refractivity contribution in [2.45, 2.75) is 61.3 Å². The molecule has 3 fully saturated rings. The molecule has 0 bridgehead atoms. The number of hydrogen-bond acceptors (Lipinski definition) is 6. The maximum absolute atomic E-state index is 12.1. The predicted octanol–water partition coefficient (Wildman–Crippen LogP) is 0.486. The van der Waals surface area contributed by atoms with Gasteiger partial charge in [0.1, 0.15) is 5.54 Å². The minimum absolute atomic E-state index is 0.227. The molecule has 1 amide bonds. The van der Waals surface area contributed by atoms with Crippen LogP contribution in [0.5, 0.6) is 0 Å². The van der Waals surface area contributed by atoms with Gasteiger partial charge in [-0.3, -0.25) is 10.1 Å². The van der Waals surface area contributed by atoms with E-state index >= 15 is 0 Å². The Labute approximate surface area is 127 Å². The van der Waals surface area contributed by atoms with Gasteiger partial charge in [-0.05, 0) is 54.9 Å². The lowest BCUT2D eigenvalue weighted by atomic mass is 9.94. The second-order valence-corrected chi connectivity index (χ2v) is 7.40. The van der Waals surface area contributed by atoms with Crippen LogP contribution in [0.4, 0.5) is 0 Å². The SMILES string of the molecule is NC(=O)C(CSc1nnnn1C1CC1)(NC1CC1)C1CC1. The van der Waals surface area contributed by atoms with Gasteiger partial charge in [-0.2, -0.15) is 0 Å². The van der Waals surface area contributed by atoms with E-state index in [-0.39, 0.29) is 5.91 Å². The van der Waals surface area contributed by atoms with Crippen molar-refractivity contribution in [2.75, 3.05) is 5.75 Å². The third-order valence-corrected chi connectivity index (χ3v) is 5.66. The molecule has 1 aromatic heterocycles. The summed E-state index contributed by atoms with van der Waals surface area (Å²) in [5.41, 5.74) is 5.17. The van der Waals surface area contributed by atoms with Gasteiger partial charge in [-0.1, -0.05) is 11.8 Å². The second-order valence-electron chi connectivity index (χ2n) is 6.45. The summed E-state index contributed by atoms with van der Waals surface area (Å²) in [5, 5.41) is 16.2. The topological polar surface area (TPSA) is 98.7 Å². The van der Waals surface area contributed by atoms with Crippen LogP contribution in [0.15, 0.2) is 5.16 Å². The molecule has 0 radical (unpaired) electrons. The molecule has 3 N–H and O–H groups in total. The molecular formula is C13H20N6OS. The van der Waals surface area contributed by atoms with Gasteiger partial charge >= 0.3 is 0 Å². The van der Waals surface area contributed by atoms with E-state index in [9.17, 15) is 4.79 Å². The van der Waals surface area contributed by atoms with Crippen LogP contribution in [0, 0.1) is 5.92 Å². The second kappa shape index (κ2) is 4.95. The fourth-order valence-electron chi connectivity index (χ4n) is 2.80. The number of rotatable bonds is 8. The van der Waals surface area contributed by atoms with Gasteiger partial charge in [0.25, 0.3) is 0 Å². The normalized spacial score (nSPS) is 24.8. The molecule has 1 aromatic rings. The van der Waals surface area contributed by atoms with E-state index in [1.54, 1.807) is 11.8 Å². The van der Waals surface area contributed by atoms with Crippen molar-refractivity contribution in [3.05, 3.63) is 0 Å².